The fourth-order valence-electron chi connectivity index (χ4n) is 3.53. The number of rotatable bonds is 3. The molecular formula is C19H20N4OS. The standard InChI is InChI=1S/C19H20N4OS/c20-16-15-13(12-7-4-8-22-10-12)9-14(11-5-2-1-3-6-11)23-19(15)25-17(16)18(21)24/h1-3,5-6,9,12,22H,4,7-8,10,20H2,(H2,21,24). The number of piperidine rings is 1. The molecule has 5 N–H and O–H groups in total. The Morgan fingerprint density at radius 3 is 2.76 bits per heavy atom. The molecule has 0 radical (unpaired) electrons. The topological polar surface area (TPSA) is 94.0 Å². The van der Waals surface area contributed by atoms with Crippen molar-refractivity contribution in [2.75, 3.05) is 18.8 Å². The molecule has 1 aromatic carbocycles. The van der Waals surface area contributed by atoms with Gasteiger partial charge in [-0.25, -0.2) is 4.98 Å². The zero-order chi connectivity index (χ0) is 17.4. The molecular weight excluding hydrogens is 332 g/mol. The van der Waals surface area contributed by atoms with Crippen molar-refractivity contribution in [3.63, 3.8) is 0 Å². The van der Waals surface area contributed by atoms with Crippen molar-refractivity contribution in [1.29, 1.82) is 0 Å². The molecule has 3 aromatic rings. The van der Waals surface area contributed by atoms with Crippen molar-refractivity contribution >= 4 is 33.1 Å². The Hall–Kier alpha value is -2.44. The quantitative estimate of drug-likeness (QED) is 0.675. The second kappa shape index (κ2) is 6.46. The van der Waals surface area contributed by atoms with Crippen LogP contribution in [0.1, 0.15) is 34.0 Å². The summed E-state index contributed by atoms with van der Waals surface area (Å²) in [7, 11) is 0. The van der Waals surface area contributed by atoms with Crippen molar-refractivity contribution < 1.29 is 4.79 Å². The highest BCUT2D eigenvalue weighted by Gasteiger charge is 2.24. The number of nitrogens with zero attached hydrogens (tertiary/aromatic N) is 1. The Morgan fingerprint density at radius 1 is 1.28 bits per heavy atom. The molecule has 4 rings (SSSR count). The molecule has 1 amide bonds. The number of aromatic nitrogens is 1. The summed E-state index contributed by atoms with van der Waals surface area (Å²) < 4.78 is 0. The number of hydrogen-bond donors (Lipinski definition) is 3. The zero-order valence-corrected chi connectivity index (χ0v) is 14.6. The zero-order valence-electron chi connectivity index (χ0n) is 13.8. The average molecular weight is 352 g/mol. The third-order valence-corrected chi connectivity index (χ3v) is 5.87. The van der Waals surface area contributed by atoms with Gasteiger partial charge in [-0.15, -0.1) is 11.3 Å². The van der Waals surface area contributed by atoms with Crippen LogP contribution in [0.25, 0.3) is 21.5 Å². The first-order valence-electron chi connectivity index (χ1n) is 8.44. The summed E-state index contributed by atoms with van der Waals surface area (Å²) in [5, 5.41) is 4.35. The van der Waals surface area contributed by atoms with E-state index < -0.39 is 5.91 Å². The maximum absolute atomic E-state index is 11.7. The SMILES string of the molecule is NC(=O)c1sc2nc(-c3ccccc3)cc(C3CCCNC3)c2c1N. The normalized spacial score (nSPS) is 17.7. The molecule has 5 nitrogen and oxygen atoms in total. The van der Waals surface area contributed by atoms with Gasteiger partial charge >= 0.3 is 0 Å². The first kappa shape index (κ1) is 16.1. The Morgan fingerprint density at radius 2 is 2.08 bits per heavy atom. The van der Waals surface area contributed by atoms with Gasteiger partial charge in [0, 0.05) is 17.5 Å². The summed E-state index contributed by atoms with van der Waals surface area (Å²) in [6.45, 7) is 1.95. The van der Waals surface area contributed by atoms with E-state index in [4.69, 9.17) is 16.5 Å². The summed E-state index contributed by atoms with van der Waals surface area (Å²) in [6, 6.07) is 12.2. The number of carbonyl (C=O) groups is 1. The molecule has 1 fully saturated rings. The van der Waals surface area contributed by atoms with E-state index in [-0.39, 0.29) is 0 Å². The van der Waals surface area contributed by atoms with Gasteiger partial charge in [-0.2, -0.15) is 0 Å². The van der Waals surface area contributed by atoms with Gasteiger partial charge in [-0.05, 0) is 36.9 Å². The highest BCUT2D eigenvalue weighted by molar-refractivity contribution is 7.21. The summed E-state index contributed by atoms with van der Waals surface area (Å²) in [4.78, 5) is 17.7. The second-order valence-electron chi connectivity index (χ2n) is 6.40. The van der Waals surface area contributed by atoms with Crippen LogP contribution in [0.2, 0.25) is 0 Å². The van der Waals surface area contributed by atoms with Crippen molar-refractivity contribution in [3.05, 3.63) is 46.8 Å². The molecule has 2 aromatic heterocycles. The first-order valence-corrected chi connectivity index (χ1v) is 9.25. The largest absolute Gasteiger partial charge is 0.397 e. The monoisotopic (exact) mass is 352 g/mol. The number of amides is 1. The van der Waals surface area contributed by atoms with E-state index in [0.717, 1.165) is 53.0 Å². The minimum absolute atomic E-state index is 0.360. The third kappa shape index (κ3) is 2.88. The van der Waals surface area contributed by atoms with Gasteiger partial charge in [-0.1, -0.05) is 30.3 Å². The smallest absolute Gasteiger partial charge is 0.260 e. The van der Waals surface area contributed by atoms with Gasteiger partial charge in [0.1, 0.15) is 9.71 Å². The van der Waals surface area contributed by atoms with E-state index in [9.17, 15) is 4.79 Å². The van der Waals surface area contributed by atoms with Crippen LogP contribution < -0.4 is 16.8 Å². The van der Waals surface area contributed by atoms with Gasteiger partial charge in [0.2, 0.25) is 0 Å². The van der Waals surface area contributed by atoms with E-state index in [1.165, 1.54) is 11.3 Å². The van der Waals surface area contributed by atoms with E-state index in [0.29, 0.717) is 16.5 Å². The molecule has 1 unspecified atom stereocenters. The fourth-order valence-corrected chi connectivity index (χ4v) is 4.51. The van der Waals surface area contributed by atoms with Crippen molar-refractivity contribution in [1.82, 2.24) is 10.3 Å². The van der Waals surface area contributed by atoms with Crippen molar-refractivity contribution in [3.8, 4) is 11.3 Å². The first-order chi connectivity index (χ1) is 12.1. The number of hydrogen-bond acceptors (Lipinski definition) is 5. The third-order valence-electron chi connectivity index (χ3n) is 4.76. The number of carbonyl (C=O) groups excluding carboxylic acids is 1. The number of anilines is 1. The maximum Gasteiger partial charge on any atom is 0.260 e. The van der Waals surface area contributed by atoms with Gasteiger partial charge in [0.25, 0.3) is 5.91 Å². The van der Waals surface area contributed by atoms with Crippen LogP contribution in [0, 0.1) is 0 Å². The summed E-state index contributed by atoms with van der Waals surface area (Å²) >= 11 is 1.29. The lowest BCUT2D eigenvalue weighted by Crippen LogP contribution is -2.28. The highest BCUT2D eigenvalue weighted by Crippen LogP contribution is 2.40. The second-order valence-corrected chi connectivity index (χ2v) is 7.39. The van der Waals surface area contributed by atoms with Gasteiger partial charge in [0.05, 0.1) is 11.4 Å². The molecule has 1 aliphatic heterocycles. The Kier molecular flexibility index (Phi) is 4.15. The lowest BCUT2D eigenvalue weighted by atomic mass is 9.89. The molecule has 1 saturated heterocycles. The van der Waals surface area contributed by atoms with Crippen LogP contribution in [0.15, 0.2) is 36.4 Å². The van der Waals surface area contributed by atoms with Crippen LogP contribution in [0.4, 0.5) is 5.69 Å². The van der Waals surface area contributed by atoms with E-state index >= 15 is 0 Å². The van der Waals surface area contributed by atoms with Crippen molar-refractivity contribution in [2.45, 2.75) is 18.8 Å². The number of benzene rings is 1. The molecule has 0 saturated carbocycles. The molecule has 6 heteroatoms. The lowest BCUT2D eigenvalue weighted by molar-refractivity contribution is 0.100. The molecule has 128 valence electrons. The van der Waals surface area contributed by atoms with E-state index in [1.807, 2.05) is 30.3 Å². The van der Waals surface area contributed by atoms with E-state index in [2.05, 4.69) is 11.4 Å². The number of fused-ring (bicyclic) bond motifs is 1. The predicted octanol–water partition coefficient (Wildman–Crippen LogP) is 3.11. The predicted molar refractivity (Wildman–Crippen MR) is 103 cm³/mol. The number of thiophene rings is 1. The van der Waals surface area contributed by atoms with Crippen LogP contribution in [0.5, 0.6) is 0 Å². The van der Waals surface area contributed by atoms with E-state index in [1.54, 1.807) is 0 Å². The van der Waals surface area contributed by atoms with Gasteiger partial charge in [-0.3, -0.25) is 4.79 Å². The molecule has 0 bridgehead atoms. The summed E-state index contributed by atoms with van der Waals surface area (Å²) in [6.07, 6.45) is 2.23. The summed E-state index contributed by atoms with van der Waals surface area (Å²) in [5.41, 5.74) is 15.4. The van der Waals surface area contributed by atoms with Crippen LogP contribution in [-0.4, -0.2) is 24.0 Å². The number of nitrogens with one attached hydrogen (secondary N) is 1. The van der Waals surface area contributed by atoms with Crippen LogP contribution >= 0.6 is 11.3 Å². The Labute approximate surface area is 150 Å². The number of pyridine rings is 1. The highest BCUT2D eigenvalue weighted by atomic mass is 32.1. The molecule has 3 heterocycles. The maximum atomic E-state index is 11.7. The number of primary amides is 1. The molecule has 0 aliphatic carbocycles. The fraction of sp³-hybridized carbons (Fsp3) is 0.263. The molecule has 0 spiro atoms. The minimum Gasteiger partial charge on any atom is -0.397 e. The Bertz CT molecular complexity index is 929. The van der Waals surface area contributed by atoms with Crippen LogP contribution in [-0.2, 0) is 0 Å². The minimum atomic E-state index is -0.491. The lowest BCUT2D eigenvalue weighted by Gasteiger charge is -2.24. The van der Waals surface area contributed by atoms with Crippen molar-refractivity contribution in [2.24, 2.45) is 5.73 Å². The molecule has 1 atom stereocenters. The molecule has 25 heavy (non-hydrogen) atoms. The van der Waals surface area contributed by atoms with Gasteiger partial charge < -0.3 is 16.8 Å². The van der Waals surface area contributed by atoms with Gasteiger partial charge in [0.15, 0.2) is 0 Å². The molecule has 1 aliphatic rings. The Balaban J connectivity index is 1.96. The number of nitrogen functional groups attached to an aromatic ring is 1. The van der Waals surface area contributed by atoms with Crippen LogP contribution in [0.3, 0.4) is 0 Å². The average Bonchev–Trinajstić information content (AvgIpc) is 2.99. The summed E-state index contributed by atoms with van der Waals surface area (Å²) in [5.74, 6) is -0.131. The number of nitrogens with two attached hydrogens (primary N) is 2.